The van der Waals surface area contributed by atoms with E-state index >= 15 is 0 Å². The van der Waals surface area contributed by atoms with Crippen molar-refractivity contribution in [3.8, 4) is 78.9 Å². The van der Waals surface area contributed by atoms with Gasteiger partial charge < -0.3 is 9.13 Å². The minimum Gasteiger partial charge on any atom is -0.309 e. The van der Waals surface area contributed by atoms with E-state index in [1.165, 1.54) is 54.9 Å². The van der Waals surface area contributed by atoms with E-state index in [1.807, 2.05) is 73.1 Å². The van der Waals surface area contributed by atoms with Crippen molar-refractivity contribution in [2.24, 2.45) is 0 Å². The fourth-order valence-corrected chi connectivity index (χ4v) is 10.3. The summed E-state index contributed by atoms with van der Waals surface area (Å²) in [7, 11) is 0. The van der Waals surface area contributed by atoms with Crippen molar-refractivity contribution in [3.05, 3.63) is 242 Å². The highest BCUT2D eigenvalue weighted by Crippen LogP contribution is 2.43. The molecule has 0 fully saturated rings. The van der Waals surface area contributed by atoms with Crippen LogP contribution in [-0.2, 0) is 0 Å². The number of benzene rings is 9. The molecule has 4 heterocycles. The topological polar surface area (TPSA) is 61.4 Å². The summed E-state index contributed by atoms with van der Waals surface area (Å²) in [5.74, 6) is 1.81. The Morgan fingerprint density at radius 1 is 0.300 bits per heavy atom. The summed E-state index contributed by atoms with van der Waals surface area (Å²) in [4.78, 5) is 20.3. The van der Waals surface area contributed by atoms with Crippen molar-refractivity contribution < 1.29 is 0 Å². The first-order chi connectivity index (χ1) is 34.5. The van der Waals surface area contributed by atoms with Gasteiger partial charge in [0.05, 0.1) is 39.6 Å². The number of fused-ring (bicyclic) bond motifs is 6. The average Bonchev–Trinajstić information content (AvgIpc) is 3.93. The van der Waals surface area contributed by atoms with Crippen molar-refractivity contribution in [2.75, 3.05) is 0 Å². The van der Waals surface area contributed by atoms with E-state index in [1.54, 1.807) is 0 Å². The van der Waals surface area contributed by atoms with Crippen LogP contribution in [0.3, 0.4) is 0 Å². The van der Waals surface area contributed by atoms with E-state index in [0.29, 0.717) is 17.5 Å². The lowest BCUT2D eigenvalue weighted by molar-refractivity contribution is 1.07. The summed E-state index contributed by atoms with van der Waals surface area (Å²) in [5, 5.41) is 4.72. The zero-order chi connectivity index (χ0) is 46.7. The average molecular weight is 897 g/mol. The normalized spacial score (nSPS) is 11.6. The van der Waals surface area contributed by atoms with E-state index in [4.69, 9.17) is 19.9 Å². The van der Waals surface area contributed by atoms with Gasteiger partial charge in [0.2, 0.25) is 0 Å². The summed E-state index contributed by atoms with van der Waals surface area (Å²) >= 11 is 0. The van der Waals surface area contributed by atoms with E-state index < -0.39 is 0 Å². The number of rotatable bonds is 8. The maximum absolute atomic E-state index is 5.22. The number of pyridine rings is 1. The van der Waals surface area contributed by atoms with E-state index in [2.05, 4.69) is 181 Å². The number of aromatic nitrogens is 6. The lowest BCUT2D eigenvalue weighted by Crippen LogP contribution is -2.04. The van der Waals surface area contributed by atoms with Crippen LogP contribution < -0.4 is 0 Å². The molecule has 0 saturated heterocycles. The molecule has 0 aliphatic heterocycles. The molecule has 330 valence electrons. The first-order valence-corrected chi connectivity index (χ1v) is 23.7. The minimum absolute atomic E-state index is 0.585. The molecule has 0 unspecified atom stereocenters. The fraction of sp³-hybridized carbons (Fsp3) is 0.0312. The highest BCUT2D eigenvalue weighted by molar-refractivity contribution is 6.13. The zero-order valence-electron chi connectivity index (χ0n) is 38.6. The fourth-order valence-electron chi connectivity index (χ4n) is 10.3. The molecule has 0 aliphatic rings. The first-order valence-electron chi connectivity index (χ1n) is 23.7. The highest BCUT2D eigenvalue weighted by Gasteiger charge is 2.23. The van der Waals surface area contributed by atoms with Gasteiger partial charge in [-0.2, -0.15) is 0 Å². The van der Waals surface area contributed by atoms with Crippen LogP contribution in [0, 0.1) is 13.8 Å². The van der Waals surface area contributed by atoms with Crippen molar-refractivity contribution in [3.63, 3.8) is 0 Å². The van der Waals surface area contributed by atoms with Crippen molar-refractivity contribution >= 4 is 43.6 Å². The molecule has 0 atom stereocenters. The van der Waals surface area contributed by atoms with Crippen LogP contribution in [0.15, 0.2) is 231 Å². The van der Waals surface area contributed by atoms with Crippen LogP contribution in [0.4, 0.5) is 0 Å². The first kappa shape index (κ1) is 41.0. The molecule has 0 N–H and O–H groups in total. The predicted molar refractivity (Wildman–Crippen MR) is 288 cm³/mol. The van der Waals surface area contributed by atoms with E-state index in [-0.39, 0.29) is 0 Å². The molecule has 0 aliphatic carbocycles. The van der Waals surface area contributed by atoms with E-state index in [9.17, 15) is 0 Å². The van der Waals surface area contributed by atoms with Gasteiger partial charge in [0.15, 0.2) is 17.5 Å². The Labute approximate surface area is 405 Å². The number of nitrogens with zero attached hydrogens (tertiary/aromatic N) is 6. The lowest BCUT2D eigenvalue weighted by Gasteiger charge is -2.19. The summed E-state index contributed by atoms with van der Waals surface area (Å²) < 4.78 is 4.81. The Bertz CT molecular complexity index is 4090. The predicted octanol–water partition coefficient (Wildman–Crippen LogP) is 16.1. The molecule has 0 amide bonds. The third-order valence-corrected chi connectivity index (χ3v) is 13.6. The van der Waals surface area contributed by atoms with E-state index in [0.717, 1.165) is 61.3 Å². The molecule has 70 heavy (non-hydrogen) atoms. The molecule has 0 spiro atoms. The Balaban J connectivity index is 1.09. The largest absolute Gasteiger partial charge is 0.309 e. The molecule has 13 aromatic rings. The van der Waals surface area contributed by atoms with Gasteiger partial charge in [0.1, 0.15) is 0 Å². The standard InChI is InChI=1S/C64H44N6/c1-41-15-13-21-45(35-41)47-27-30-58-53(37-47)50-23-9-11-25-56(50)69(58)59-32-29-49(64-67-62(43-17-5-3-6-18-43)66-63(68-64)44-19-7-4-8-20-44)39-55(59)52-33-34-65-40-61(52)70-57-26-12-10-24-51(57)54-38-48(28-31-60(54)70)46-22-14-16-42(2)36-46/h3-40H,1-2H3. The molecule has 13 rings (SSSR count). The van der Waals surface area contributed by atoms with Crippen LogP contribution in [-0.4, -0.2) is 29.1 Å². The second kappa shape index (κ2) is 16.8. The van der Waals surface area contributed by atoms with Gasteiger partial charge in [0, 0.05) is 55.6 Å². The van der Waals surface area contributed by atoms with Gasteiger partial charge in [0.25, 0.3) is 0 Å². The highest BCUT2D eigenvalue weighted by atomic mass is 15.0. The van der Waals surface area contributed by atoms with Crippen LogP contribution in [0.2, 0.25) is 0 Å². The number of para-hydroxylation sites is 2. The second-order valence-corrected chi connectivity index (χ2v) is 18.1. The number of hydrogen-bond acceptors (Lipinski definition) is 4. The van der Waals surface area contributed by atoms with Crippen LogP contribution >= 0.6 is 0 Å². The molecular weight excluding hydrogens is 853 g/mol. The Hall–Kier alpha value is -9.26. The monoisotopic (exact) mass is 896 g/mol. The Morgan fingerprint density at radius 2 is 0.743 bits per heavy atom. The van der Waals surface area contributed by atoms with Gasteiger partial charge in [-0.3, -0.25) is 4.98 Å². The van der Waals surface area contributed by atoms with Crippen LogP contribution in [0.1, 0.15) is 11.1 Å². The maximum Gasteiger partial charge on any atom is 0.164 e. The Morgan fingerprint density at radius 3 is 1.29 bits per heavy atom. The number of aryl methyl sites for hydroxylation is 2. The maximum atomic E-state index is 5.22. The SMILES string of the molecule is Cc1cccc(-c2ccc3c(c2)c2ccccc2n3-c2ccc(-c3nc(-c4ccccc4)nc(-c4ccccc4)n3)cc2-c2ccncc2-n2c3ccccc3c3cc(-c4cccc(C)c4)ccc32)c1. The van der Waals surface area contributed by atoms with Crippen LogP contribution in [0.25, 0.3) is 123 Å². The van der Waals surface area contributed by atoms with Gasteiger partial charge in [-0.15, -0.1) is 0 Å². The molecular formula is C64H44N6. The summed E-state index contributed by atoms with van der Waals surface area (Å²) in [5.41, 5.74) is 18.4. The van der Waals surface area contributed by atoms with Gasteiger partial charge in [-0.25, -0.2) is 15.0 Å². The molecule has 9 aromatic carbocycles. The number of hydrogen-bond donors (Lipinski definition) is 0. The molecule has 0 radical (unpaired) electrons. The zero-order valence-corrected chi connectivity index (χ0v) is 38.6. The lowest BCUT2D eigenvalue weighted by atomic mass is 9.98. The molecule has 0 bridgehead atoms. The molecule has 4 aromatic heterocycles. The van der Waals surface area contributed by atoms with Gasteiger partial charge >= 0.3 is 0 Å². The van der Waals surface area contributed by atoms with Gasteiger partial charge in [-0.1, -0.05) is 169 Å². The third kappa shape index (κ3) is 7.04. The van der Waals surface area contributed by atoms with Crippen molar-refractivity contribution in [2.45, 2.75) is 13.8 Å². The summed E-state index contributed by atoms with van der Waals surface area (Å²) in [6, 6.07) is 77.8. The molecule has 6 heteroatoms. The quantitative estimate of drug-likeness (QED) is 0.152. The van der Waals surface area contributed by atoms with Gasteiger partial charge in [-0.05, 0) is 96.8 Å². The molecule has 6 nitrogen and oxygen atoms in total. The van der Waals surface area contributed by atoms with Crippen molar-refractivity contribution in [1.29, 1.82) is 0 Å². The third-order valence-electron chi connectivity index (χ3n) is 13.6. The molecule has 0 saturated carbocycles. The smallest absolute Gasteiger partial charge is 0.164 e. The summed E-state index contributed by atoms with van der Waals surface area (Å²) in [6.07, 6.45) is 3.92. The Kier molecular flexibility index (Phi) is 9.84. The minimum atomic E-state index is 0.585. The van der Waals surface area contributed by atoms with Crippen LogP contribution in [0.5, 0.6) is 0 Å². The van der Waals surface area contributed by atoms with Crippen molar-refractivity contribution in [1.82, 2.24) is 29.1 Å². The summed E-state index contributed by atoms with van der Waals surface area (Å²) in [6.45, 7) is 4.30. The second-order valence-electron chi connectivity index (χ2n) is 18.1.